The van der Waals surface area contributed by atoms with E-state index in [9.17, 15) is 9.18 Å². The summed E-state index contributed by atoms with van der Waals surface area (Å²) in [5, 5.41) is 10.9. The van der Waals surface area contributed by atoms with Crippen LogP contribution in [0.5, 0.6) is 0 Å². The SMILES string of the molecule is O=C(NCC[C@@H]1CCCN2CCCC[C@H]12)c1cn(Cc2ccccc2F)nn1. The van der Waals surface area contributed by atoms with Crippen LogP contribution in [0.25, 0.3) is 0 Å². The highest BCUT2D eigenvalue weighted by Crippen LogP contribution is 2.32. The van der Waals surface area contributed by atoms with Gasteiger partial charge in [0.25, 0.3) is 5.91 Å². The topological polar surface area (TPSA) is 63.1 Å². The van der Waals surface area contributed by atoms with E-state index in [1.807, 2.05) is 0 Å². The van der Waals surface area contributed by atoms with Gasteiger partial charge in [-0.25, -0.2) is 9.07 Å². The Hall–Kier alpha value is -2.28. The van der Waals surface area contributed by atoms with Crippen molar-refractivity contribution >= 4 is 5.91 Å². The van der Waals surface area contributed by atoms with Gasteiger partial charge in [-0.05, 0) is 57.2 Å². The molecule has 3 heterocycles. The maximum absolute atomic E-state index is 13.8. The third-order valence-electron chi connectivity index (χ3n) is 6.09. The Morgan fingerprint density at radius 1 is 1.18 bits per heavy atom. The molecule has 1 N–H and O–H groups in total. The number of nitrogens with one attached hydrogen (secondary N) is 1. The Labute approximate surface area is 165 Å². The molecule has 0 aliphatic carbocycles. The summed E-state index contributed by atoms with van der Waals surface area (Å²) in [5.74, 6) is 0.176. The highest BCUT2D eigenvalue weighted by atomic mass is 19.1. The van der Waals surface area contributed by atoms with Gasteiger partial charge in [0.2, 0.25) is 0 Å². The third-order valence-corrected chi connectivity index (χ3v) is 6.09. The molecule has 2 saturated heterocycles. The largest absolute Gasteiger partial charge is 0.351 e. The molecule has 2 fully saturated rings. The van der Waals surface area contributed by atoms with E-state index in [0.717, 1.165) is 6.42 Å². The Morgan fingerprint density at radius 3 is 2.93 bits per heavy atom. The first-order chi connectivity index (χ1) is 13.7. The molecule has 1 aromatic heterocycles. The van der Waals surface area contributed by atoms with Gasteiger partial charge >= 0.3 is 0 Å². The molecule has 0 unspecified atom stereocenters. The number of carbonyl (C=O) groups excluding carboxylic acids is 1. The summed E-state index contributed by atoms with van der Waals surface area (Å²) >= 11 is 0. The third kappa shape index (κ3) is 4.41. The number of hydrogen-bond donors (Lipinski definition) is 1. The van der Waals surface area contributed by atoms with Crippen LogP contribution in [0.4, 0.5) is 4.39 Å². The molecule has 0 saturated carbocycles. The summed E-state index contributed by atoms with van der Waals surface area (Å²) in [4.78, 5) is 15.0. The van der Waals surface area contributed by atoms with Crippen molar-refractivity contribution in [2.24, 2.45) is 5.92 Å². The van der Waals surface area contributed by atoms with E-state index in [2.05, 4.69) is 20.5 Å². The van der Waals surface area contributed by atoms with E-state index in [-0.39, 0.29) is 24.0 Å². The van der Waals surface area contributed by atoms with Crippen molar-refractivity contribution in [3.05, 3.63) is 47.5 Å². The first-order valence-corrected chi connectivity index (χ1v) is 10.4. The van der Waals surface area contributed by atoms with Crippen LogP contribution in [-0.4, -0.2) is 51.5 Å². The molecule has 1 amide bonds. The predicted molar refractivity (Wildman–Crippen MR) is 104 cm³/mol. The predicted octanol–water partition coefficient (Wildman–Crippen LogP) is 2.85. The lowest BCUT2D eigenvalue weighted by Gasteiger charge is -2.44. The quantitative estimate of drug-likeness (QED) is 0.831. The van der Waals surface area contributed by atoms with Crippen LogP contribution in [0.15, 0.2) is 30.5 Å². The monoisotopic (exact) mass is 385 g/mol. The number of aromatic nitrogens is 3. The Morgan fingerprint density at radius 2 is 2.04 bits per heavy atom. The van der Waals surface area contributed by atoms with Crippen molar-refractivity contribution in [2.75, 3.05) is 19.6 Å². The maximum Gasteiger partial charge on any atom is 0.273 e. The molecule has 2 atom stereocenters. The number of carbonyl (C=O) groups is 1. The van der Waals surface area contributed by atoms with Gasteiger partial charge in [-0.1, -0.05) is 29.8 Å². The number of hydrogen-bond acceptors (Lipinski definition) is 4. The second-order valence-corrected chi connectivity index (χ2v) is 7.94. The fourth-order valence-electron chi connectivity index (χ4n) is 4.66. The normalized spacial score (nSPS) is 22.6. The van der Waals surface area contributed by atoms with Crippen LogP contribution in [-0.2, 0) is 6.54 Å². The molecule has 4 rings (SSSR count). The fraction of sp³-hybridized carbons (Fsp3) is 0.571. The van der Waals surface area contributed by atoms with Gasteiger partial charge in [0.15, 0.2) is 5.69 Å². The highest BCUT2D eigenvalue weighted by molar-refractivity contribution is 5.91. The van der Waals surface area contributed by atoms with Crippen LogP contribution >= 0.6 is 0 Å². The second-order valence-electron chi connectivity index (χ2n) is 7.94. The van der Waals surface area contributed by atoms with Crippen LogP contribution in [0, 0.1) is 11.7 Å². The number of rotatable bonds is 6. The number of nitrogens with zero attached hydrogens (tertiary/aromatic N) is 4. The zero-order chi connectivity index (χ0) is 19.3. The minimum absolute atomic E-state index is 0.212. The van der Waals surface area contributed by atoms with Gasteiger partial charge in [-0.3, -0.25) is 4.79 Å². The molecule has 0 spiro atoms. The number of amides is 1. The van der Waals surface area contributed by atoms with Crippen molar-refractivity contribution in [3.8, 4) is 0 Å². The lowest BCUT2D eigenvalue weighted by Crippen LogP contribution is -2.48. The molecule has 2 aliphatic heterocycles. The van der Waals surface area contributed by atoms with Gasteiger partial charge in [0.1, 0.15) is 5.82 Å². The van der Waals surface area contributed by atoms with Crippen molar-refractivity contribution in [3.63, 3.8) is 0 Å². The standard InChI is InChI=1S/C21H28FN5O/c22-18-8-2-1-6-17(18)14-27-15-19(24-25-27)21(28)23-11-10-16-7-5-13-26-12-4-3-9-20(16)26/h1-2,6,8,15-16,20H,3-5,7,9-14H2,(H,23,28)/t16-,20+/m0/s1. The van der Waals surface area contributed by atoms with Crippen LogP contribution in [0.1, 0.15) is 54.6 Å². The van der Waals surface area contributed by atoms with E-state index >= 15 is 0 Å². The van der Waals surface area contributed by atoms with Gasteiger partial charge in [-0.2, -0.15) is 0 Å². The van der Waals surface area contributed by atoms with Gasteiger partial charge in [0.05, 0.1) is 12.7 Å². The van der Waals surface area contributed by atoms with Gasteiger partial charge in [-0.15, -0.1) is 5.10 Å². The van der Waals surface area contributed by atoms with Crippen LogP contribution in [0.3, 0.4) is 0 Å². The lowest BCUT2D eigenvalue weighted by molar-refractivity contribution is 0.0554. The molecule has 2 aromatic rings. The molecule has 150 valence electrons. The van der Waals surface area contributed by atoms with Crippen molar-refractivity contribution in [1.29, 1.82) is 0 Å². The van der Waals surface area contributed by atoms with Crippen molar-refractivity contribution in [2.45, 2.75) is 51.1 Å². The van der Waals surface area contributed by atoms with Crippen LogP contribution in [0.2, 0.25) is 0 Å². The van der Waals surface area contributed by atoms with Gasteiger partial charge in [0, 0.05) is 18.2 Å². The van der Waals surface area contributed by atoms with Gasteiger partial charge < -0.3 is 10.2 Å². The minimum atomic E-state index is -0.284. The molecule has 6 nitrogen and oxygen atoms in total. The van der Waals surface area contributed by atoms with Crippen molar-refractivity contribution < 1.29 is 9.18 Å². The summed E-state index contributed by atoms with van der Waals surface area (Å²) in [7, 11) is 0. The summed E-state index contributed by atoms with van der Waals surface area (Å²) in [6.07, 6.45) is 9.05. The van der Waals surface area contributed by atoms with Crippen molar-refractivity contribution in [1.82, 2.24) is 25.2 Å². The van der Waals surface area contributed by atoms with E-state index in [1.54, 1.807) is 24.4 Å². The number of halogens is 1. The number of benzene rings is 1. The molecule has 2 aliphatic rings. The van der Waals surface area contributed by atoms with E-state index in [1.165, 1.54) is 55.9 Å². The Kier molecular flexibility index (Phi) is 6.00. The molecule has 0 radical (unpaired) electrons. The molecular weight excluding hydrogens is 357 g/mol. The first kappa shape index (κ1) is 19.1. The Balaban J connectivity index is 1.27. The summed E-state index contributed by atoms with van der Waals surface area (Å²) < 4.78 is 15.3. The molecule has 1 aromatic carbocycles. The Bertz CT molecular complexity index is 806. The first-order valence-electron chi connectivity index (χ1n) is 10.4. The van der Waals surface area contributed by atoms with Crippen LogP contribution < -0.4 is 5.32 Å². The number of piperidine rings is 2. The second kappa shape index (κ2) is 8.82. The molecule has 7 heteroatoms. The smallest absolute Gasteiger partial charge is 0.273 e. The minimum Gasteiger partial charge on any atom is -0.351 e. The average Bonchev–Trinajstić information content (AvgIpc) is 3.19. The maximum atomic E-state index is 13.8. The molecule has 0 bridgehead atoms. The highest BCUT2D eigenvalue weighted by Gasteiger charge is 2.32. The molecule has 28 heavy (non-hydrogen) atoms. The zero-order valence-electron chi connectivity index (χ0n) is 16.2. The fourth-order valence-corrected chi connectivity index (χ4v) is 4.66. The number of fused-ring (bicyclic) bond motifs is 1. The summed E-state index contributed by atoms with van der Waals surface area (Å²) in [5.41, 5.74) is 0.799. The summed E-state index contributed by atoms with van der Waals surface area (Å²) in [6, 6.07) is 7.24. The van der Waals surface area contributed by atoms with E-state index in [4.69, 9.17) is 0 Å². The lowest BCUT2D eigenvalue weighted by atomic mass is 9.82. The average molecular weight is 385 g/mol. The molecular formula is C21H28FN5O. The summed E-state index contributed by atoms with van der Waals surface area (Å²) in [6.45, 7) is 3.39. The zero-order valence-corrected chi connectivity index (χ0v) is 16.2. The van der Waals surface area contributed by atoms with E-state index in [0.29, 0.717) is 24.1 Å². The van der Waals surface area contributed by atoms with E-state index < -0.39 is 0 Å².